The fourth-order valence-electron chi connectivity index (χ4n) is 6.38. The normalized spacial score (nSPS) is 13.2. The Labute approximate surface area is 326 Å². The molecule has 310 valence electrons. The summed E-state index contributed by atoms with van der Waals surface area (Å²) in [5.41, 5.74) is 0. The Hall–Kier alpha value is -2.19. The number of carbonyl (C=O) groups excluding carboxylic acids is 2. The maximum absolute atomic E-state index is 12.7. The van der Waals surface area contributed by atoms with Crippen LogP contribution in [0.25, 0.3) is 0 Å². The predicted octanol–water partition coefficient (Wildman–Crippen LogP) is 11.7. The summed E-state index contributed by atoms with van der Waals surface area (Å²) in [6, 6.07) is -0.613. The van der Waals surface area contributed by atoms with Crippen LogP contribution in [-0.4, -0.2) is 80.6 Å². The lowest BCUT2D eigenvalue weighted by Crippen LogP contribution is -2.50. The van der Waals surface area contributed by atoms with Gasteiger partial charge in [-0.1, -0.05) is 141 Å². The van der Waals surface area contributed by atoms with E-state index in [9.17, 15) is 19.5 Å². The van der Waals surface area contributed by atoms with Gasteiger partial charge in [0.2, 0.25) is 0 Å². The van der Waals surface area contributed by atoms with Crippen molar-refractivity contribution in [3.8, 4) is 0 Å². The maximum atomic E-state index is 12.7. The number of allylic oxidation sites excluding steroid dienone is 4. The standard InChI is InChI=1S/C45H83NO7/c1-6-8-10-12-14-16-18-19-20-21-22-23-24-25-26-28-30-32-34-36-44(48)53-41(39-51-38-37-42(45(49)50)46(3,4)5)40-52-43(47)35-33-31-29-27-17-15-13-11-9-7-2/h11,13,19-20,41-42H,6-10,12,14-18,21-40H2,1-5H3/p+1/b13-11-,20-19-. The average Bonchev–Trinajstić information content (AvgIpc) is 3.11. The molecule has 0 aliphatic carbocycles. The van der Waals surface area contributed by atoms with Crippen molar-refractivity contribution in [1.29, 1.82) is 0 Å². The molecule has 0 saturated heterocycles. The summed E-state index contributed by atoms with van der Waals surface area (Å²) < 4.78 is 17.2. The second kappa shape index (κ2) is 36.8. The van der Waals surface area contributed by atoms with Crippen molar-refractivity contribution in [2.45, 2.75) is 206 Å². The number of carboxylic acids is 1. The van der Waals surface area contributed by atoms with Crippen molar-refractivity contribution in [2.24, 2.45) is 0 Å². The lowest BCUT2D eigenvalue weighted by atomic mass is 10.1. The average molecular weight is 751 g/mol. The molecule has 2 unspecified atom stereocenters. The first-order chi connectivity index (χ1) is 25.6. The zero-order valence-electron chi connectivity index (χ0n) is 35.2. The van der Waals surface area contributed by atoms with E-state index in [2.05, 4.69) is 38.2 Å². The number of esters is 2. The molecule has 0 heterocycles. The van der Waals surface area contributed by atoms with Crippen LogP contribution in [0.3, 0.4) is 0 Å². The van der Waals surface area contributed by atoms with Crippen molar-refractivity contribution in [1.82, 2.24) is 0 Å². The molecule has 0 radical (unpaired) electrons. The van der Waals surface area contributed by atoms with E-state index in [4.69, 9.17) is 14.2 Å². The molecule has 8 nitrogen and oxygen atoms in total. The van der Waals surface area contributed by atoms with Gasteiger partial charge in [0.05, 0.1) is 34.4 Å². The molecule has 1 N–H and O–H groups in total. The minimum absolute atomic E-state index is 0.0537. The number of ether oxygens (including phenoxy) is 3. The number of carbonyl (C=O) groups is 3. The van der Waals surface area contributed by atoms with E-state index in [1.807, 2.05) is 21.1 Å². The van der Waals surface area contributed by atoms with E-state index in [0.717, 1.165) is 57.8 Å². The first-order valence-corrected chi connectivity index (χ1v) is 21.9. The summed E-state index contributed by atoms with van der Waals surface area (Å²) in [5, 5.41) is 9.60. The number of quaternary nitrogens is 1. The smallest absolute Gasteiger partial charge is 0.362 e. The van der Waals surface area contributed by atoms with Crippen molar-refractivity contribution >= 4 is 17.9 Å². The van der Waals surface area contributed by atoms with Crippen molar-refractivity contribution in [3.63, 3.8) is 0 Å². The molecule has 0 fully saturated rings. The second-order valence-electron chi connectivity index (χ2n) is 15.9. The van der Waals surface area contributed by atoms with Gasteiger partial charge in [-0.3, -0.25) is 9.59 Å². The van der Waals surface area contributed by atoms with Crippen LogP contribution in [0, 0.1) is 0 Å². The minimum atomic E-state index is -0.876. The number of unbranched alkanes of at least 4 members (excludes halogenated alkanes) is 21. The van der Waals surface area contributed by atoms with E-state index >= 15 is 0 Å². The van der Waals surface area contributed by atoms with E-state index in [1.165, 1.54) is 103 Å². The van der Waals surface area contributed by atoms with Gasteiger partial charge in [0.1, 0.15) is 6.61 Å². The van der Waals surface area contributed by atoms with Crippen LogP contribution in [0.4, 0.5) is 0 Å². The number of aliphatic carboxylic acids is 1. The number of likely N-dealkylation sites (N-methyl/N-ethyl adjacent to an activating group) is 1. The molecule has 0 amide bonds. The Balaban J connectivity index is 4.28. The Kier molecular flexibility index (Phi) is 35.2. The van der Waals surface area contributed by atoms with Gasteiger partial charge in [0, 0.05) is 19.3 Å². The van der Waals surface area contributed by atoms with Crippen LogP contribution in [-0.2, 0) is 28.6 Å². The number of rotatable bonds is 39. The molecule has 0 aliphatic rings. The van der Waals surface area contributed by atoms with Crippen molar-refractivity contribution < 1.29 is 38.2 Å². The van der Waals surface area contributed by atoms with Gasteiger partial charge >= 0.3 is 17.9 Å². The Morgan fingerprint density at radius 3 is 1.43 bits per heavy atom. The first kappa shape index (κ1) is 50.8. The molecule has 53 heavy (non-hydrogen) atoms. The van der Waals surface area contributed by atoms with Gasteiger partial charge in [0.25, 0.3) is 0 Å². The quantitative estimate of drug-likeness (QED) is 0.0289. The number of nitrogens with zero attached hydrogens (tertiary/aromatic N) is 1. The molecule has 0 aliphatic heterocycles. The molecule has 0 aromatic carbocycles. The predicted molar refractivity (Wildman–Crippen MR) is 220 cm³/mol. The minimum Gasteiger partial charge on any atom is -0.477 e. The molecule has 0 aromatic rings. The van der Waals surface area contributed by atoms with Crippen LogP contribution < -0.4 is 0 Å². The molecular formula is C45H84NO7+. The maximum Gasteiger partial charge on any atom is 0.362 e. The lowest BCUT2D eigenvalue weighted by molar-refractivity contribution is -0.887. The molecule has 8 heteroatoms. The van der Waals surface area contributed by atoms with E-state index < -0.39 is 18.1 Å². The van der Waals surface area contributed by atoms with Crippen LogP contribution in [0.5, 0.6) is 0 Å². The van der Waals surface area contributed by atoms with E-state index in [0.29, 0.717) is 19.3 Å². The molecule has 2 atom stereocenters. The van der Waals surface area contributed by atoms with Crippen LogP contribution in [0.2, 0.25) is 0 Å². The van der Waals surface area contributed by atoms with Crippen molar-refractivity contribution in [2.75, 3.05) is 41.0 Å². The molecule has 0 rings (SSSR count). The van der Waals surface area contributed by atoms with Crippen LogP contribution >= 0.6 is 0 Å². The Bertz CT molecular complexity index is 926. The summed E-state index contributed by atoms with van der Waals surface area (Å²) in [7, 11) is 5.52. The summed E-state index contributed by atoms with van der Waals surface area (Å²) in [6.07, 6.45) is 39.4. The zero-order chi connectivity index (χ0) is 39.3. The topological polar surface area (TPSA) is 99.1 Å². The third kappa shape index (κ3) is 35.3. The molecule has 0 saturated carbocycles. The zero-order valence-corrected chi connectivity index (χ0v) is 35.2. The Morgan fingerprint density at radius 2 is 0.981 bits per heavy atom. The highest BCUT2D eigenvalue weighted by Gasteiger charge is 2.31. The third-order valence-corrected chi connectivity index (χ3v) is 9.80. The number of carboxylic acid groups (broad SMARTS) is 1. The van der Waals surface area contributed by atoms with Gasteiger partial charge in [-0.15, -0.1) is 0 Å². The van der Waals surface area contributed by atoms with Crippen molar-refractivity contribution in [3.05, 3.63) is 24.3 Å². The van der Waals surface area contributed by atoms with Crippen LogP contribution in [0.1, 0.15) is 194 Å². The SMILES string of the molecule is CCC/C=C\CCCCCCCC(=O)OCC(COCCC(C(=O)O)[N+](C)(C)C)OC(=O)CCCCCCCCCCC/C=C\CCCCCCCC. The number of hydrogen-bond donors (Lipinski definition) is 1. The molecule has 0 aromatic heterocycles. The van der Waals surface area contributed by atoms with Gasteiger partial charge in [-0.05, 0) is 57.8 Å². The summed E-state index contributed by atoms with van der Waals surface area (Å²) in [6.45, 7) is 4.67. The molecule has 0 bridgehead atoms. The summed E-state index contributed by atoms with van der Waals surface area (Å²) in [4.78, 5) is 36.9. The van der Waals surface area contributed by atoms with Crippen LogP contribution in [0.15, 0.2) is 24.3 Å². The first-order valence-electron chi connectivity index (χ1n) is 21.9. The lowest BCUT2D eigenvalue weighted by Gasteiger charge is -2.31. The molecular weight excluding hydrogens is 666 g/mol. The monoisotopic (exact) mass is 751 g/mol. The van der Waals surface area contributed by atoms with E-state index in [1.54, 1.807) is 0 Å². The second-order valence-corrected chi connectivity index (χ2v) is 15.9. The highest BCUT2D eigenvalue weighted by atomic mass is 16.6. The third-order valence-electron chi connectivity index (χ3n) is 9.80. The van der Waals surface area contributed by atoms with Gasteiger partial charge < -0.3 is 23.8 Å². The largest absolute Gasteiger partial charge is 0.477 e. The fraction of sp³-hybridized carbons (Fsp3) is 0.844. The fourth-order valence-corrected chi connectivity index (χ4v) is 6.38. The van der Waals surface area contributed by atoms with E-state index in [-0.39, 0.29) is 36.2 Å². The van der Waals surface area contributed by atoms with Gasteiger partial charge in [-0.25, -0.2) is 4.79 Å². The highest BCUT2D eigenvalue weighted by molar-refractivity contribution is 5.72. The molecule has 0 spiro atoms. The Morgan fingerprint density at radius 1 is 0.547 bits per heavy atom. The van der Waals surface area contributed by atoms with Gasteiger partial charge in [-0.2, -0.15) is 0 Å². The number of hydrogen-bond acceptors (Lipinski definition) is 6. The summed E-state index contributed by atoms with van der Waals surface area (Å²) in [5.74, 6) is -1.48. The summed E-state index contributed by atoms with van der Waals surface area (Å²) >= 11 is 0. The van der Waals surface area contributed by atoms with Gasteiger partial charge in [0.15, 0.2) is 12.1 Å². The highest BCUT2D eigenvalue weighted by Crippen LogP contribution is 2.14.